The topological polar surface area (TPSA) is 54.3 Å². The van der Waals surface area contributed by atoms with Crippen LogP contribution in [-0.4, -0.2) is 56.5 Å². The van der Waals surface area contributed by atoms with Gasteiger partial charge in [-0.15, -0.1) is 0 Å². The van der Waals surface area contributed by atoms with Crippen molar-refractivity contribution < 1.29 is 4.79 Å². The molecule has 2 aromatic rings. The summed E-state index contributed by atoms with van der Waals surface area (Å²) in [5, 5.41) is 0. The minimum absolute atomic E-state index is 0.229. The molecule has 0 aromatic carbocycles. The number of carbonyl (C=O) groups is 1. The zero-order valence-electron chi connectivity index (χ0n) is 14.5. The molecule has 2 aromatic heterocycles. The highest BCUT2D eigenvalue weighted by Crippen LogP contribution is 2.28. The van der Waals surface area contributed by atoms with Crippen LogP contribution >= 0.6 is 0 Å². The number of likely N-dealkylation sites (tertiary alicyclic amines) is 2. The van der Waals surface area contributed by atoms with Crippen molar-refractivity contribution in [1.82, 2.24) is 24.3 Å². The number of urea groups is 1. The van der Waals surface area contributed by atoms with Crippen LogP contribution in [0.5, 0.6) is 0 Å². The second-order valence-electron chi connectivity index (χ2n) is 6.97. The van der Waals surface area contributed by atoms with Crippen molar-refractivity contribution in [3.63, 3.8) is 0 Å². The highest BCUT2D eigenvalue weighted by atomic mass is 16.2. The summed E-state index contributed by atoms with van der Waals surface area (Å²) < 4.78 is 2.20. The molecule has 0 spiro atoms. The molecular formula is C19H25N5O. The van der Waals surface area contributed by atoms with Crippen LogP contribution < -0.4 is 0 Å². The number of imidazole rings is 1. The van der Waals surface area contributed by atoms with E-state index in [1.165, 1.54) is 0 Å². The number of nitrogens with zero attached hydrogens (tertiary/aromatic N) is 5. The summed E-state index contributed by atoms with van der Waals surface area (Å²) in [6, 6.07) is 6.22. The number of hydrogen-bond acceptors (Lipinski definition) is 3. The number of hydrogen-bond donors (Lipinski definition) is 0. The Balaban J connectivity index is 1.38. The van der Waals surface area contributed by atoms with Gasteiger partial charge in [0, 0.05) is 50.7 Å². The molecule has 4 heterocycles. The third-order valence-electron chi connectivity index (χ3n) is 5.31. The maximum absolute atomic E-state index is 12.5. The van der Waals surface area contributed by atoms with Gasteiger partial charge in [0.15, 0.2) is 0 Å². The molecule has 0 unspecified atom stereocenters. The summed E-state index contributed by atoms with van der Waals surface area (Å²) >= 11 is 0. The molecule has 2 saturated heterocycles. The van der Waals surface area contributed by atoms with Gasteiger partial charge < -0.3 is 14.4 Å². The molecule has 2 amide bonds. The number of pyridine rings is 1. The van der Waals surface area contributed by atoms with Gasteiger partial charge in [0.05, 0.1) is 12.2 Å². The third-order valence-corrected chi connectivity index (χ3v) is 5.31. The Kier molecular flexibility index (Phi) is 4.68. The van der Waals surface area contributed by atoms with Crippen LogP contribution in [-0.2, 0) is 6.54 Å². The van der Waals surface area contributed by atoms with Gasteiger partial charge in [0.25, 0.3) is 0 Å². The molecule has 25 heavy (non-hydrogen) atoms. The summed E-state index contributed by atoms with van der Waals surface area (Å²) in [5.74, 6) is 1.54. The molecule has 0 bridgehead atoms. The minimum atomic E-state index is 0.229. The van der Waals surface area contributed by atoms with Crippen LogP contribution in [0.15, 0.2) is 36.8 Å². The number of rotatable bonds is 3. The van der Waals surface area contributed by atoms with Crippen molar-refractivity contribution in [2.45, 2.75) is 38.1 Å². The Labute approximate surface area is 148 Å². The molecule has 2 fully saturated rings. The summed E-state index contributed by atoms with van der Waals surface area (Å²) in [7, 11) is 0. The van der Waals surface area contributed by atoms with Gasteiger partial charge >= 0.3 is 6.03 Å². The summed E-state index contributed by atoms with van der Waals surface area (Å²) in [4.78, 5) is 25.6. The highest BCUT2D eigenvalue weighted by molar-refractivity contribution is 5.74. The van der Waals surface area contributed by atoms with Crippen molar-refractivity contribution in [3.05, 3.63) is 48.3 Å². The Morgan fingerprint density at radius 1 is 1.00 bits per heavy atom. The molecule has 2 aliphatic rings. The summed E-state index contributed by atoms with van der Waals surface area (Å²) in [5.41, 5.74) is 1.04. The quantitative estimate of drug-likeness (QED) is 0.864. The molecule has 6 nitrogen and oxygen atoms in total. The molecule has 0 N–H and O–H groups in total. The smallest absolute Gasteiger partial charge is 0.319 e. The SMILES string of the molecule is O=C(N1CCCC1)N1CCC(c2nccn2Cc2ccccn2)CC1. The van der Waals surface area contributed by atoms with Crippen molar-refractivity contribution in [2.75, 3.05) is 26.2 Å². The van der Waals surface area contributed by atoms with E-state index in [4.69, 9.17) is 0 Å². The second kappa shape index (κ2) is 7.25. The summed E-state index contributed by atoms with van der Waals surface area (Å²) in [6.07, 6.45) is 10.00. The lowest BCUT2D eigenvalue weighted by Gasteiger charge is -2.34. The minimum Gasteiger partial charge on any atom is -0.329 e. The number of amides is 2. The molecule has 0 radical (unpaired) electrons. The molecule has 2 aliphatic heterocycles. The van der Waals surface area contributed by atoms with E-state index in [1.54, 1.807) is 0 Å². The van der Waals surface area contributed by atoms with Gasteiger partial charge in [0.2, 0.25) is 0 Å². The lowest BCUT2D eigenvalue weighted by Crippen LogP contribution is -2.45. The summed E-state index contributed by atoms with van der Waals surface area (Å²) in [6.45, 7) is 4.26. The average Bonchev–Trinajstić information content (AvgIpc) is 3.34. The van der Waals surface area contributed by atoms with Crippen LogP contribution in [0.25, 0.3) is 0 Å². The zero-order valence-corrected chi connectivity index (χ0v) is 14.5. The van der Waals surface area contributed by atoms with E-state index in [0.29, 0.717) is 5.92 Å². The van der Waals surface area contributed by atoms with Gasteiger partial charge in [-0.25, -0.2) is 9.78 Å². The van der Waals surface area contributed by atoms with Gasteiger partial charge in [-0.2, -0.15) is 0 Å². The molecular weight excluding hydrogens is 314 g/mol. The zero-order chi connectivity index (χ0) is 17.1. The van der Waals surface area contributed by atoms with E-state index >= 15 is 0 Å². The Morgan fingerprint density at radius 2 is 1.76 bits per heavy atom. The first-order chi connectivity index (χ1) is 12.3. The van der Waals surface area contributed by atoms with E-state index in [-0.39, 0.29) is 6.03 Å². The molecule has 132 valence electrons. The number of carbonyl (C=O) groups excluding carboxylic acids is 1. The van der Waals surface area contributed by atoms with E-state index < -0.39 is 0 Å². The van der Waals surface area contributed by atoms with Crippen LogP contribution in [0, 0.1) is 0 Å². The largest absolute Gasteiger partial charge is 0.329 e. The normalized spacial score (nSPS) is 18.7. The van der Waals surface area contributed by atoms with Crippen molar-refractivity contribution in [1.29, 1.82) is 0 Å². The van der Waals surface area contributed by atoms with Crippen molar-refractivity contribution >= 4 is 6.03 Å². The number of piperidine rings is 1. The number of aromatic nitrogens is 3. The lowest BCUT2D eigenvalue weighted by atomic mass is 9.96. The molecule has 0 aliphatic carbocycles. The van der Waals surface area contributed by atoms with Crippen LogP contribution in [0.3, 0.4) is 0 Å². The molecule has 0 saturated carbocycles. The predicted molar refractivity (Wildman–Crippen MR) is 95.3 cm³/mol. The molecule has 6 heteroatoms. The maximum atomic E-state index is 12.5. The maximum Gasteiger partial charge on any atom is 0.319 e. The van der Waals surface area contributed by atoms with E-state index in [9.17, 15) is 4.79 Å². The van der Waals surface area contributed by atoms with Crippen LogP contribution in [0.4, 0.5) is 4.79 Å². The Hall–Kier alpha value is -2.37. The van der Waals surface area contributed by atoms with Gasteiger partial charge in [-0.05, 0) is 37.8 Å². The first kappa shape index (κ1) is 16.1. The highest BCUT2D eigenvalue weighted by Gasteiger charge is 2.29. The first-order valence-electron chi connectivity index (χ1n) is 9.26. The predicted octanol–water partition coefficient (Wildman–Crippen LogP) is 2.72. The fourth-order valence-corrected chi connectivity index (χ4v) is 3.92. The average molecular weight is 339 g/mol. The fraction of sp³-hybridized carbons (Fsp3) is 0.526. The fourth-order valence-electron chi connectivity index (χ4n) is 3.92. The van der Waals surface area contributed by atoms with E-state index in [0.717, 1.165) is 69.9 Å². The first-order valence-corrected chi connectivity index (χ1v) is 9.26. The second-order valence-corrected chi connectivity index (χ2v) is 6.97. The third kappa shape index (κ3) is 3.52. The van der Waals surface area contributed by atoms with Crippen molar-refractivity contribution in [2.24, 2.45) is 0 Å². The standard InChI is InChI=1S/C19H25N5O/c25-19(22-10-3-4-11-22)23-12-6-16(7-13-23)18-21-9-14-24(18)15-17-5-1-2-8-20-17/h1-2,5,8-9,14,16H,3-4,6-7,10-13,15H2. The van der Waals surface area contributed by atoms with Crippen molar-refractivity contribution in [3.8, 4) is 0 Å². The lowest BCUT2D eigenvalue weighted by molar-refractivity contribution is 0.147. The molecule has 0 atom stereocenters. The van der Waals surface area contributed by atoms with E-state index in [2.05, 4.69) is 14.5 Å². The monoisotopic (exact) mass is 339 g/mol. The molecule has 4 rings (SSSR count). The van der Waals surface area contributed by atoms with Crippen LogP contribution in [0.1, 0.15) is 43.1 Å². The Bertz CT molecular complexity index is 700. The van der Waals surface area contributed by atoms with Crippen LogP contribution in [0.2, 0.25) is 0 Å². The van der Waals surface area contributed by atoms with Gasteiger partial charge in [-0.3, -0.25) is 4.98 Å². The van der Waals surface area contributed by atoms with Gasteiger partial charge in [-0.1, -0.05) is 6.07 Å². The van der Waals surface area contributed by atoms with E-state index in [1.807, 2.05) is 46.6 Å². The Morgan fingerprint density at radius 3 is 2.48 bits per heavy atom. The van der Waals surface area contributed by atoms with Gasteiger partial charge in [0.1, 0.15) is 5.82 Å².